The number of hydrogen-bond donors (Lipinski definition) is 2. The predicted octanol–water partition coefficient (Wildman–Crippen LogP) is 0.204. The van der Waals surface area contributed by atoms with E-state index in [0.29, 0.717) is 18.8 Å². The number of carbonyl (C=O) groups is 1. The number of aliphatic hydroxyl groups is 1. The maximum Gasteiger partial charge on any atom is 0.271 e. The number of anilines is 1. The highest BCUT2D eigenvalue weighted by atomic mass is 16.5. The summed E-state index contributed by atoms with van der Waals surface area (Å²) in [5.74, 6) is 0.580. The second kappa shape index (κ2) is 7.90. The number of nitrogens with one attached hydrogen (secondary N) is 1. The van der Waals surface area contributed by atoms with Crippen molar-refractivity contribution in [3.63, 3.8) is 0 Å². The van der Waals surface area contributed by atoms with Crippen LogP contribution >= 0.6 is 0 Å². The van der Waals surface area contributed by atoms with E-state index in [1.165, 1.54) is 0 Å². The van der Waals surface area contributed by atoms with E-state index in [1.807, 2.05) is 13.0 Å². The molecule has 0 atom stereocenters. The number of nitrogens with zero attached hydrogens (tertiary/aromatic N) is 3. The van der Waals surface area contributed by atoms with Crippen LogP contribution < -0.4 is 10.2 Å². The quantitative estimate of drug-likeness (QED) is 0.779. The van der Waals surface area contributed by atoms with Crippen molar-refractivity contribution in [2.24, 2.45) is 0 Å². The van der Waals surface area contributed by atoms with Crippen LogP contribution in [0.1, 0.15) is 30.3 Å². The molecule has 2 heterocycles. The van der Waals surface area contributed by atoms with Gasteiger partial charge >= 0.3 is 0 Å². The number of ether oxygens (including phenoxy) is 1. The molecule has 0 unspecified atom stereocenters. The van der Waals surface area contributed by atoms with Gasteiger partial charge in [0.1, 0.15) is 0 Å². The number of piperidine rings is 1. The molecule has 1 aliphatic rings. The van der Waals surface area contributed by atoms with Crippen LogP contribution in [0.25, 0.3) is 0 Å². The Bertz CT molecular complexity index is 444. The fourth-order valence-electron chi connectivity index (χ4n) is 2.34. The fourth-order valence-corrected chi connectivity index (χ4v) is 2.34. The highest BCUT2D eigenvalue weighted by Crippen LogP contribution is 2.19. The van der Waals surface area contributed by atoms with Crippen LogP contribution in [0.15, 0.2) is 12.1 Å². The molecule has 1 aromatic rings. The van der Waals surface area contributed by atoms with Crippen LogP contribution in [-0.4, -0.2) is 60.2 Å². The molecule has 2 N–H and O–H groups in total. The van der Waals surface area contributed by atoms with Crippen molar-refractivity contribution in [3.05, 3.63) is 17.8 Å². The van der Waals surface area contributed by atoms with Crippen molar-refractivity contribution in [1.82, 2.24) is 15.5 Å². The van der Waals surface area contributed by atoms with Crippen LogP contribution in [0.3, 0.4) is 0 Å². The molecule has 0 aromatic carbocycles. The van der Waals surface area contributed by atoms with E-state index in [1.54, 1.807) is 6.07 Å². The Morgan fingerprint density at radius 3 is 2.76 bits per heavy atom. The van der Waals surface area contributed by atoms with Gasteiger partial charge in [0.15, 0.2) is 11.5 Å². The fraction of sp³-hybridized carbons (Fsp3) is 0.643. The van der Waals surface area contributed by atoms with Crippen LogP contribution in [0.5, 0.6) is 0 Å². The zero-order chi connectivity index (χ0) is 15.1. The average molecular weight is 294 g/mol. The Morgan fingerprint density at radius 2 is 2.19 bits per heavy atom. The number of hydrogen-bond acceptors (Lipinski definition) is 6. The van der Waals surface area contributed by atoms with Gasteiger partial charge in [0.05, 0.1) is 19.3 Å². The molecule has 2 rings (SSSR count). The second-order valence-corrected chi connectivity index (χ2v) is 4.92. The number of amides is 1. The van der Waals surface area contributed by atoms with E-state index < -0.39 is 0 Å². The molecular weight excluding hydrogens is 272 g/mol. The Hall–Kier alpha value is -1.73. The minimum atomic E-state index is -0.201. The molecule has 1 aliphatic heterocycles. The van der Waals surface area contributed by atoms with Crippen LogP contribution in [0, 0.1) is 0 Å². The summed E-state index contributed by atoms with van der Waals surface area (Å²) in [6.45, 7) is 4.57. The largest absolute Gasteiger partial charge is 0.394 e. The summed E-state index contributed by atoms with van der Waals surface area (Å²) in [6.07, 6.45) is 2.01. The monoisotopic (exact) mass is 294 g/mol. The van der Waals surface area contributed by atoms with Gasteiger partial charge in [0.2, 0.25) is 0 Å². The summed E-state index contributed by atoms with van der Waals surface area (Å²) in [4.78, 5) is 13.7. The maximum absolute atomic E-state index is 11.6. The Balaban J connectivity index is 1.87. The molecule has 0 saturated carbocycles. The molecule has 116 valence electrons. The van der Waals surface area contributed by atoms with E-state index in [9.17, 15) is 4.79 Å². The van der Waals surface area contributed by atoms with Crippen LogP contribution in [0.4, 0.5) is 5.82 Å². The van der Waals surface area contributed by atoms with Gasteiger partial charge in [-0.3, -0.25) is 4.79 Å². The maximum atomic E-state index is 11.6. The summed E-state index contributed by atoms with van der Waals surface area (Å²) in [5.41, 5.74) is 0.335. The van der Waals surface area contributed by atoms with Crippen LogP contribution in [-0.2, 0) is 4.74 Å². The normalized spacial score (nSPS) is 16.0. The molecule has 21 heavy (non-hydrogen) atoms. The molecule has 1 fully saturated rings. The van der Waals surface area contributed by atoms with Gasteiger partial charge in [-0.2, -0.15) is 0 Å². The van der Waals surface area contributed by atoms with Crippen LogP contribution in [0.2, 0.25) is 0 Å². The van der Waals surface area contributed by atoms with Crippen molar-refractivity contribution in [2.45, 2.75) is 25.9 Å². The first-order valence-electron chi connectivity index (χ1n) is 7.34. The van der Waals surface area contributed by atoms with Gasteiger partial charge in [0, 0.05) is 19.6 Å². The zero-order valence-electron chi connectivity index (χ0n) is 12.3. The van der Waals surface area contributed by atoms with Gasteiger partial charge in [-0.05, 0) is 31.9 Å². The third kappa shape index (κ3) is 4.37. The molecular formula is C14H22N4O3. The highest BCUT2D eigenvalue weighted by Gasteiger charge is 2.21. The first-order chi connectivity index (χ1) is 10.2. The highest BCUT2D eigenvalue weighted by molar-refractivity contribution is 5.92. The van der Waals surface area contributed by atoms with Gasteiger partial charge in [-0.15, -0.1) is 10.2 Å². The van der Waals surface area contributed by atoms with Gasteiger partial charge in [-0.25, -0.2) is 0 Å². The lowest BCUT2D eigenvalue weighted by molar-refractivity contribution is 0.0158. The summed E-state index contributed by atoms with van der Waals surface area (Å²) in [5, 5.41) is 19.5. The topological polar surface area (TPSA) is 87.6 Å². The van der Waals surface area contributed by atoms with E-state index >= 15 is 0 Å². The molecule has 1 saturated heterocycles. The molecule has 0 spiro atoms. The Labute approximate surface area is 124 Å². The van der Waals surface area contributed by atoms with Gasteiger partial charge in [-0.1, -0.05) is 0 Å². The van der Waals surface area contributed by atoms with Crippen molar-refractivity contribution >= 4 is 11.7 Å². The third-order valence-electron chi connectivity index (χ3n) is 3.43. The third-order valence-corrected chi connectivity index (χ3v) is 3.43. The summed E-state index contributed by atoms with van der Waals surface area (Å²) in [6, 6.07) is 3.52. The average Bonchev–Trinajstić information content (AvgIpc) is 2.54. The number of carbonyl (C=O) groups excluding carboxylic acids is 1. The standard InChI is InChI=1S/C14H22N4O3/c1-2-15-14(20)12-3-4-13(17-16-12)18-7-5-11(6-8-18)21-10-9-19/h3-4,11,19H,2,5-10H2,1H3,(H,15,20). The Kier molecular flexibility index (Phi) is 5.89. The van der Waals surface area contributed by atoms with Crippen molar-refractivity contribution in [3.8, 4) is 0 Å². The Morgan fingerprint density at radius 1 is 1.43 bits per heavy atom. The molecule has 7 nitrogen and oxygen atoms in total. The lowest BCUT2D eigenvalue weighted by Crippen LogP contribution is -2.38. The molecule has 0 bridgehead atoms. The summed E-state index contributed by atoms with van der Waals surface area (Å²) in [7, 11) is 0. The summed E-state index contributed by atoms with van der Waals surface area (Å²) >= 11 is 0. The van der Waals surface area contributed by atoms with Gasteiger partial charge < -0.3 is 20.1 Å². The van der Waals surface area contributed by atoms with E-state index in [0.717, 1.165) is 31.7 Å². The first kappa shape index (κ1) is 15.7. The van der Waals surface area contributed by atoms with E-state index in [4.69, 9.17) is 9.84 Å². The minimum absolute atomic E-state index is 0.0625. The molecule has 0 radical (unpaired) electrons. The second-order valence-electron chi connectivity index (χ2n) is 4.92. The molecule has 1 aromatic heterocycles. The number of aromatic nitrogens is 2. The summed E-state index contributed by atoms with van der Waals surface area (Å²) < 4.78 is 5.53. The van der Waals surface area contributed by atoms with Crippen molar-refractivity contribution < 1.29 is 14.6 Å². The van der Waals surface area contributed by atoms with E-state index in [2.05, 4.69) is 20.4 Å². The van der Waals surface area contributed by atoms with Gasteiger partial charge in [0.25, 0.3) is 5.91 Å². The molecule has 1 amide bonds. The smallest absolute Gasteiger partial charge is 0.271 e. The number of aliphatic hydroxyl groups excluding tert-OH is 1. The molecule has 7 heteroatoms. The first-order valence-corrected chi connectivity index (χ1v) is 7.34. The number of rotatable bonds is 6. The minimum Gasteiger partial charge on any atom is -0.394 e. The lowest BCUT2D eigenvalue weighted by atomic mass is 10.1. The van der Waals surface area contributed by atoms with Crippen molar-refractivity contribution in [1.29, 1.82) is 0 Å². The SMILES string of the molecule is CCNC(=O)c1ccc(N2CCC(OCCO)CC2)nn1. The molecule has 0 aliphatic carbocycles. The lowest BCUT2D eigenvalue weighted by Gasteiger charge is -2.32. The zero-order valence-corrected chi connectivity index (χ0v) is 12.3. The van der Waals surface area contributed by atoms with Crippen molar-refractivity contribution in [2.75, 3.05) is 37.7 Å². The predicted molar refractivity (Wildman–Crippen MR) is 78.3 cm³/mol. The van der Waals surface area contributed by atoms with E-state index in [-0.39, 0.29) is 18.6 Å².